The van der Waals surface area contributed by atoms with Crippen LogP contribution in [0.2, 0.25) is 0 Å². The molecule has 1 aromatic heterocycles. The summed E-state index contributed by atoms with van der Waals surface area (Å²) in [5.74, 6) is -2.88. The van der Waals surface area contributed by atoms with E-state index in [1.54, 1.807) is 0 Å². The SMILES string of the molecule is O=C(O)CCn1c(=O)oc2ccc(C(=O)O)cc21. The molecule has 7 heteroatoms. The number of hydrogen-bond acceptors (Lipinski definition) is 4. The highest BCUT2D eigenvalue weighted by atomic mass is 16.4. The molecule has 7 nitrogen and oxygen atoms in total. The summed E-state index contributed by atoms with van der Waals surface area (Å²) in [6.45, 7) is -0.0652. The van der Waals surface area contributed by atoms with Crippen molar-refractivity contribution in [3.63, 3.8) is 0 Å². The number of carbonyl (C=O) groups is 2. The molecule has 2 aromatic rings. The molecule has 0 aliphatic heterocycles. The predicted molar refractivity (Wildman–Crippen MR) is 59.7 cm³/mol. The number of oxazole rings is 1. The minimum atomic E-state index is -1.13. The second-order valence-electron chi connectivity index (χ2n) is 3.65. The van der Waals surface area contributed by atoms with Crippen molar-refractivity contribution in [1.29, 1.82) is 0 Å². The lowest BCUT2D eigenvalue weighted by Gasteiger charge is -1.99. The maximum atomic E-state index is 11.5. The highest BCUT2D eigenvalue weighted by molar-refractivity contribution is 5.91. The van der Waals surface area contributed by atoms with E-state index in [0.29, 0.717) is 0 Å². The molecule has 0 saturated carbocycles. The number of aliphatic carboxylic acids is 1. The Labute approximate surface area is 99.9 Å². The maximum Gasteiger partial charge on any atom is 0.419 e. The highest BCUT2D eigenvalue weighted by Crippen LogP contribution is 2.15. The number of carboxylic acids is 2. The van der Waals surface area contributed by atoms with Crippen molar-refractivity contribution in [2.24, 2.45) is 0 Å². The first-order valence-corrected chi connectivity index (χ1v) is 5.07. The standard InChI is InChI=1S/C11H9NO6/c13-9(14)3-4-12-7-5-6(10(15)16)1-2-8(7)18-11(12)17/h1-2,5H,3-4H2,(H,13,14)(H,15,16). The van der Waals surface area contributed by atoms with Gasteiger partial charge in [0.25, 0.3) is 0 Å². The molecule has 2 rings (SSSR count). The molecule has 2 N–H and O–H groups in total. The molecule has 0 unspecified atom stereocenters. The molecule has 0 fully saturated rings. The fourth-order valence-electron chi connectivity index (χ4n) is 1.61. The summed E-state index contributed by atoms with van der Waals surface area (Å²) in [6.07, 6.45) is -0.244. The van der Waals surface area contributed by atoms with Gasteiger partial charge in [-0.05, 0) is 18.2 Å². The van der Waals surface area contributed by atoms with Gasteiger partial charge < -0.3 is 14.6 Å². The monoisotopic (exact) mass is 251 g/mol. The predicted octanol–water partition coefficient (Wildman–Crippen LogP) is 0.767. The smallest absolute Gasteiger partial charge is 0.419 e. The summed E-state index contributed by atoms with van der Waals surface area (Å²) < 4.78 is 5.99. The van der Waals surface area contributed by atoms with Gasteiger partial charge in [0.15, 0.2) is 5.58 Å². The van der Waals surface area contributed by atoms with Crippen LogP contribution in [0.4, 0.5) is 0 Å². The summed E-state index contributed by atoms with van der Waals surface area (Å²) in [5.41, 5.74) is 0.518. The van der Waals surface area contributed by atoms with Crippen LogP contribution in [0.15, 0.2) is 27.4 Å². The molecule has 0 radical (unpaired) electrons. The summed E-state index contributed by atoms with van der Waals surface area (Å²) >= 11 is 0. The number of rotatable bonds is 4. The zero-order chi connectivity index (χ0) is 13.3. The molecule has 18 heavy (non-hydrogen) atoms. The lowest BCUT2D eigenvalue weighted by atomic mass is 10.2. The first-order valence-electron chi connectivity index (χ1n) is 5.07. The number of hydrogen-bond donors (Lipinski definition) is 2. The Hall–Kier alpha value is -2.57. The zero-order valence-electron chi connectivity index (χ0n) is 9.12. The van der Waals surface area contributed by atoms with Crippen molar-refractivity contribution < 1.29 is 24.2 Å². The van der Waals surface area contributed by atoms with Gasteiger partial charge >= 0.3 is 17.7 Å². The Morgan fingerprint density at radius 3 is 2.61 bits per heavy atom. The molecule has 1 heterocycles. The van der Waals surface area contributed by atoms with E-state index in [0.717, 1.165) is 4.57 Å². The highest BCUT2D eigenvalue weighted by Gasteiger charge is 2.13. The van der Waals surface area contributed by atoms with Gasteiger partial charge in [0.05, 0.1) is 17.5 Å². The van der Waals surface area contributed by atoms with E-state index in [4.69, 9.17) is 14.6 Å². The fraction of sp³-hybridized carbons (Fsp3) is 0.182. The lowest BCUT2D eigenvalue weighted by Crippen LogP contribution is -2.16. The maximum absolute atomic E-state index is 11.5. The number of nitrogens with zero attached hydrogens (tertiary/aromatic N) is 1. The van der Waals surface area contributed by atoms with E-state index in [1.807, 2.05) is 0 Å². The van der Waals surface area contributed by atoms with Crippen LogP contribution < -0.4 is 5.76 Å². The van der Waals surface area contributed by atoms with Gasteiger partial charge in [0.2, 0.25) is 0 Å². The molecule has 0 atom stereocenters. The summed E-state index contributed by atoms with van der Waals surface area (Å²) in [7, 11) is 0. The van der Waals surface area contributed by atoms with Crippen LogP contribution >= 0.6 is 0 Å². The number of aromatic nitrogens is 1. The van der Waals surface area contributed by atoms with E-state index in [2.05, 4.69) is 0 Å². The van der Waals surface area contributed by atoms with E-state index >= 15 is 0 Å². The number of fused-ring (bicyclic) bond motifs is 1. The van der Waals surface area contributed by atoms with E-state index in [9.17, 15) is 14.4 Å². The molecule has 1 aromatic carbocycles. The second kappa shape index (κ2) is 4.36. The van der Waals surface area contributed by atoms with Crippen LogP contribution in [-0.4, -0.2) is 26.7 Å². The average molecular weight is 251 g/mol. The Balaban J connectivity index is 2.53. The van der Waals surface area contributed by atoms with Gasteiger partial charge in [0.1, 0.15) is 0 Å². The third kappa shape index (κ3) is 2.10. The van der Waals surface area contributed by atoms with Gasteiger partial charge in [-0.3, -0.25) is 9.36 Å². The number of aryl methyl sites for hydroxylation is 1. The first-order chi connectivity index (χ1) is 8.49. The Morgan fingerprint density at radius 2 is 2.00 bits per heavy atom. The van der Waals surface area contributed by atoms with Crippen molar-refractivity contribution in [2.75, 3.05) is 0 Å². The Kier molecular flexibility index (Phi) is 2.88. The molecule has 94 valence electrons. The number of carboxylic acid groups (broad SMARTS) is 2. The van der Waals surface area contributed by atoms with Crippen LogP contribution in [0.3, 0.4) is 0 Å². The van der Waals surface area contributed by atoms with Gasteiger partial charge in [0, 0.05) is 6.54 Å². The van der Waals surface area contributed by atoms with Gasteiger partial charge in [-0.2, -0.15) is 0 Å². The van der Waals surface area contributed by atoms with Gasteiger partial charge in [-0.1, -0.05) is 0 Å². The quantitative estimate of drug-likeness (QED) is 0.830. The number of benzene rings is 1. The van der Waals surface area contributed by atoms with E-state index < -0.39 is 17.7 Å². The molecular formula is C11H9NO6. The summed E-state index contributed by atoms with van der Waals surface area (Å²) in [5, 5.41) is 17.4. The number of aromatic carboxylic acids is 1. The molecule has 0 bridgehead atoms. The van der Waals surface area contributed by atoms with Crippen molar-refractivity contribution in [3.05, 3.63) is 34.3 Å². The van der Waals surface area contributed by atoms with E-state index in [-0.39, 0.29) is 29.6 Å². The minimum absolute atomic E-state index is 0.00683. The lowest BCUT2D eigenvalue weighted by molar-refractivity contribution is -0.137. The van der Waals surface area contributed by atoms with E-state index in [1.165, 1.54) is 18.2 Å². The van der Waals surface area contributed by atoms with Crippen molar-refractivity contribution in [2.45, 2.75) is 13.0 Å². The third-order valence-corrected chi connectivity index (χ3v) is 2.46. The second-order valence-corrected chi connectivity index (χ2v) is 3.65. The van der Waals surface area contributed by atoms with Crippen LogP contribution in [-0.2, 0) is 11.3 Å². The zero-order valence-corrected chi connectivity index (χ0v) is 9.12. The molecule has 0 saturated heterocycles. The fourth-order valence-corrected chi connectivity index (χ4v) is 1.61. The average Bonchev–Trinajstić information content (AvgIpc) is 2.60. The molecule has 0 amide bonds. The van der Waals surface area contributed by atoms with Crippen molar-refractivity contribution in [3.8, 4) is 0 Å². The Bertz CT molecular complexity index is 680. The summed E-state index contributed by atoms with van der Waals surface area (Å²) in [6, 6.07) is 3.97. The topological polar surface area (TPSA) is 110 Å². The van der Waals surface area contributed by atoms with Crippen molar-refractivity contribution >= 4 is 23.0 Å². The van der Waals surface area contributed by atoms with Crippen LogP contribution in [0.5, 0.6) is 0 Å². The third-order valence-electron chi connectivity index (χ3n) is 2.46. The largest absolute Gasteiger partial charge is 0.481 e. The normalized spacial score (nSPS) is 10.7. The van der Waals surface area contributed by atoms with Gasteiger partial charge in [-0.15, -0.1) is 0 Å². The first kappa shape index (κ1) is 11.9. The molecule has 0 spiro atoms. The molecule has 0 aliphatic carbocycles. The molecule has 0 aliphatic rings. The molecular weight excluding hydrogens is 242 g/mol. The van der Waals surface area contributed by atoms with Crippen LogP contribution in [0, 0.1) is 0 Å². The van der Waals surface area contributed by atoms with Gasteiger partial charge in [-0.25, -0.2) is 9.59 Å². The van der Waals surface area contributed by atoms with Crippen LogP contribution in [0.1, 0.15) is 16.8 Å². The minimum Gasteiger partial charge on any atom is -0.481 e. The van der Waals surface area contributed by atoms with Crippen LogP contribution in [0.25, 0.3) is 11.1 Å². The van der Waals surface area contributed by atoms with Crippen molar-refractivity contribution in [1.82, 2.24) is 4.57 Å². The summed E-state index contributed by atoms with van der Waals surface area (Å²) in [4.78, 5) is 32.8. The Morgan fingerprint density at radius 1 is 1.28 bits per heavy atom.